The van der Waals surface area contributed by atoms with Crippen LogP contribution in [0.25, 0.3) is 0 Å². The van der Waals surface area contributed by atoms with E-state index in [0.29, 0.717) is 14.5 Å². The normalized spacial score (nSPS) is 12.5. The maximum absolute atomic E-state index is 13.1. The summed E-state index contributed by atoms with van der Waals surface area (Å²) in [7, 11) is 0. The number of nitrogens with one attached hydrogen (secondary N) is 1. The van der Waals surface area contributed by atoms with Crippen LogP contribution in [0.2, 0.25) is 10.0 Å². The van der Waals surface area contributed by atoms with Crippen LogP contribution < -0.4 is 11.3 Å². The Morgan fingerprint density at radius 1 is 1.11 bits per heavy atom. The van der Waals surface area contributed by atoms with Crippen molar-refractivity contribution in [3.8, 4) is 0 Å². The Morgan fingerprint density at radius 2 is 1.84 bits per heavy atom. The molecule has 0 radical (unpaired) electrons. The predicted molar refractivity (Wildman–Crippen MR) is 79.7 cm³/mol. The Morgan fingerprint density at radius 3 is 2.42 bits per heavy atom. The van der Waals surface area contributed by atoms with E-state index in [9.17, 15) is 4.39 Å². The van der Waals surface area contributed by atoms with Gasteiger partial charge < -0.3 is 0 Å². The molecule has 2 aromatic carbocycles. The van der Waals surface area contributed by atoms with Gasteiger partial charge >= 0.3 is 0 Å². The van der Waals surface area contributed by atoms with Crippen molar-refractivity contribution in [1.82, 2.24) is 5.43 Å². The first-order chi connectivity index (χ1) is 9.02. The molecule has 0 saturated heterocycles. The van der Waals surface area contributed by atoms with Crippen molar-refractivity contribution in [1.29, 1.82) is 0 Å². The molecule has 0 aromatic heterocycles. The van der Waals surface area contributed by atoms with Crippen LogP contribution in [-0.4, -0.2) is 0 Å². The van der Waals surface area contributed by atoms with Gasteiger partial charge in [0, 0.05) is 4.47 Å². The Bertz CT molecular complexity index is 607. The maximum Gasteiger partial charge on any atom is 0.124 e. The van der Waals surface area contributed by atoms with Gasteiger partial charge in [0.2, 0.25) is 0 Å². The second-order valence-corrected chi connectivity index (χ2v) is 5.61. The molecule has 19 heavy (non-hydrogen) atoms. The largest absolute Gasteiger partial charge is 0.271 e. The zero-order chi connectivity index (χ0) is 14.0. The van der Waals surface area contributed by atoms with E-state index in [0.717, 1.165) is 11.1 Å². The summed E-state index contributed by atoms with van der Waals surface area (Å²) in [5.74, 6) is 5.27. The molecule has 0 aliphatic carbocycles. The first-order valence-electron chi connectivity index (χ1n) is 5.39. The number of benzene rings is 2. The van der Waals surface area contributed by atoms with Gasteiger partial charge in [-0.25, -0.2) is 9.82 Å². The van der Waals surface area contributed by atoms with Crippen LogP contribution >= 0.6 is 39.1 Å². The van der Waals surface area contributed by atoms with E-state index < -0.39 is 0 Å². The quantitative estimate of drug-likeness (QED) is 0.624. The molecule has 0 aliphatic heterocycles. The van der Waals surface area contributed by atoms with Gasteiger partial charge in [0.05, 0.1) is 16.1 Å². The van der Waals surface area contributed by atoms with Gasteiger partial charge in [-0.05, 0) is 35.4 Å². The second kappa shape index (κ2) is 6.20. The Balaban J connectivity index is 2.46. The molecule has 3 N–H and O–H groups in total. The minimum Gasteiger partial charge on any atom is -0.271 e. The summed E-state index contributed by atoms with van der Waals surface area (Å²) >= 11 is 15.2. The molecule has 0 amide bonds. The van der Waals surface area contributed by atoms with E-state index in [2.05, 4.69) is 21.4 Å². The van der Waals surface area contributed by atoms with Crippen molar-refractivity contribution in [3.05, 3.63) is 67.9 Å². The molecule has 2 rings (SSSR count). The summed E-state index contributed by atoms with van der Waals surface area (Å²) in [5.41, 5.74) is 4.33. The summed E-state index contributed by atoms with van der Waals surface area (Å²) in [6.45, 7) is 0. The molecule has 0 aliphatic rings. The fourth-order valence-corrected chi connectivity index (χ4v) is 2.68. The molecule has 0 fully saturated rings. The molecule has 1 unspecified atom stereocenters. The summed E-state index contributed by atoms with van der Waals surface area (Å²) in [6.07, 6.45) is 0. The SMILES string of the molecule is NNC(c1ccc(Cl)c(Cl)c1)c1ccc(F)cc1Br. The average Bonchev–Trinajstić information content (AvgIpc) is 2.37. The van der Waals surface area contributed by atoms with Crippen LogP contribution in [0.15, 0.2) is 40.9 Å². The van der Waals surface area contributed by atoms with Gasteiger partial charge in [-0.2, -0.15) is 0 Å². The number of hydrazine groups is 1. The van der Waals surface area contributed by atoms with Crippen molar-refractivity contribution in [3.63, 3.8) is 0 Å². The van der Waals surface area contributed by atoms with Crippen LogP contribution in [0.3, 0.4) is 0 Å². The summed E-state index contributed by atoms with van der Waals surface area (Å²) < 4.78 is 13.7. The van der Waals surface area contributed by atoms with Crippen LogP contribution in [0.1, 0.15) is 17.2 Å². The van der Waals surface area contributed by atoms with E-state index in [1.54, 1.807) is 18.2 Å². The van der Waals surface area contributed by atoms with E-state index in [1.165, 1.54) is 12.1 Å². The van der Waals surface area contributed by atoms with Gasteiger partial charge in [-0.1, -0.05) is 51.3 Å². The molecule has 100 valence electrons. The standard InChI is InChI=1S/C13H10BrCl2FN2/c14-10-6-8(17)2-3-9(10)13(19-18)7-1-4-11(15)12(16)5-7/h1-6,13,19H,18H2. The van der Waals surface area contributed by atoms with Crippen molar-refractivity contribution >= 4 is 39.1 Å². The molecule has 2 aromatic rings. The summed E-state index contributed by atoms with van der Waals surface area (Å²) in [5, 5.41) is 0.914. The van der Waals surface area contributed by atoms with E-state index in [4.69, 9.17) is 29.0 Å². The van der Waals surface area contributed by atoms with Gasteiger partial charge in [0.1, 0.15) is 5.82 Å². The summed E-state index contributed by atoms with van der Waals surface area (Å²) in [6, 6.07) is 9.34. The first-order valence-corrected chi connectivity index (χ1v) is 6.94. The number of hydrogen-bond acceptors (Lipinski definition) is 2. The lowest BCUT2D eigenvalue weighted by molar-refractivity contribution is 0.613. The van der Waals surface area contributed by atoms with E-state index in [-0.39, 0.29) is 11.9 Å². The fourth-order valence-electron chi connectivity index (χ4n) is 1.79. The lowest BCUT2D eigenvalue weighted by Crippen LogP contribution is -2.29. The molecule has 0 bridgehead atoms. The lowest BCUT2D eigenvalue weighted by atomic mass is 9.99. The average molecular weight is 364 g/mol. The highest BCUT2D eigenvalue weighted by Crippen LogP contribution is 2.32. The number of rotatable bonds is 3. The van der Waals surface area contributed by atoms with Crippen LogP contribution in [0.5, 0.6) is 0 Å². The molecule has 0 saturated carbocycles. The zero-order valence-electron chi connectivity index (χ0n) is 9.63. The molecule has 0 heterocycles. The lowest BCUT2D eigenvalue weighted by Gasteiger charge is -2.19. The van der Waals surface area contributed by atoms with Crippen LogP contribution in [0.4, 0.5) is 4.39 Å². The van der Waals surface area contributed by atoms with Crippen molar-refractivity contribution in [2.24, 2.45) is 5.84 Å². The van der Waals surface area contributed by atoms with Gasteiger partial charge in [0.15, 0.2) is 0 Å². The van der Waals surface area contributed by atoms with E-state index in [1.807, 2.05) is 6.07 Å². The molecule has 1 atom stereocenters. The Labute approximate surface area is 128 Å². The zero-order valence-corrected chi connectivity index (χ0v) is 12.7. The third-order valence-corrected chi connectivity index (χ3v) is 4.14. The Kier molecular flexibility index (Phi) is 4.81. The van der Waals surface area contributed by atoms with Gasteiger partial charge in [-0.3, -0.25) is 5.84 Å². The van der Waals surface area contributed by atoms with Gasteiger partial charge in [0.25, 0.3) is 0 Å². The van der Waals surface area contributed by atoms with Crippen molar-refractivity contribution < 1.29 is 4.39 Å². The Hall–Kier alpha value is -0.650. The number of hydrogen-bond donors (Lipinski definition) is 2. The van der Waals surface area contributed by atoms with Gasteiger partial charge in [-0.15, -0.1) is 0 Å². The first kappa shape index (κ1) is 14.8. The minimum atomic E-state index is -0.319. The smallest absolute Gasteiger partial charge is 0.124 e. The minimum absolute atomic E-state index is 0.315. The van der Waals surface area contributed by atoms with Crippen molar-refractivity contribution in [2.75, 3.05) is 0 Å². The molecular weight excluding hydrogens is 354 g/mol. The maximum atomic E-state index is 13.1. The predicted octanol–water partition coefficient (Wildman–Crippen LogP) is 4.45. The topological polar surface area (TPSA) is 38.0 Å². The monoisotopic (exact) mass is 362 g/mol. The third-order valence-electron chi connectivity index (χ3n) is 2.72. The van der Waals surface area contributed by atoms with Crippen LogP contribution in [-0.2, 0) is 0 Å². The van der Waals surface area contributed by atoms with Crippen molar-refractivity contribution in [2.45, 2.75) is 6.04 Å². The molecule has 6 heteroatoms. The fraction of sp³-hybridized carbons (Fsp3) is 0.0769. The highest BCUT2D eigenvalue weighted by Gasteiger charge is 2.16. The number of halogens is 4. The van der Waals surface area contributed by atoms with E-state index >= 15 is 0 Å². The molecule has 2 nitrogen and oxygen atoms in total. The van der Waals surface area contributed by atoms with Crippen LogP contribution in [0, 0.1) is 5.82 Å². The highest BCUT2D eigenvalue weighted by atomic mass is 79.9. The third kappa shape index (κ3) is 3.27. The summed E-state index contributed by atoms with van der Waals surface area (Å²) in [4.78, 5) is 0. The number of nitrogens with two attached hydrogens (primary N) is 1. The highest BCUT2D eigenvalue weighted by molar-refractivity contribution is 9.10. The molecule has 0 spiro atoms. The second-order valence-electron chi connectivity index (χ2n) is 3.94. The molecular formula is C13H10BrCl2FN2.